The van der Waals surface area contributed by atoms with Gasteiger partial charge in [0.1, 0.15) is 6.26 Å². The van der Waals surface area contributed by atoms with Crippen molar-refractivity contribution in [3.63, 3.8) is 0 Å². The van der Waals surface area contributed by atoms with Crippen molar-refractivity contribution >= 4 is 5.91 Å². The second-order valence-corrected chi connectivity index (χ2v) is 7.30. The molecule has 1 aromatic rings. The fourth-order valence-electron chi connectivity index (χ4n) is 4.01. The summed E-state index contributed by atoms with van der Waals surface area (Å²) in [4.78, 5) is 21.1. The van der Waals surface area contributed by atoms with Crippen molar-refractivity contribution in [2.24, 2.45) is 5.41 Å². The predicted molar refractivity (Wildman–Crippen MR) is 90.5 cm³/mol. The Balaban J connectivity index is 1.51. The third-order valence-electron chi connectivity index (χ3n) is 5.49. The van der Waals surface area contributed by atoms with Crippen molar-refractivity contribution in [2.45, 2.75) is 45.6 Å². The molecule has 3 rings (SSSR count). The van der Waals surface area contributed by atoms with Crippen LogP contribution in [0.15, 0.2) is 10.7 Å². The maximum absolute atomic E-state index is 12.2. The van der Waals surface area contributed by atoms with Crippen LogP contribution in [0, 0.1) is 12.3 Å². The highest BCUT2D eigenvalue weighted by molar-refractivity contribution is 5.77. The van der Waals surface area contributed by atoms with Crippen LogP contribution in [0.5, 0.6) is 0 Å². The van der Waals surface area contributed by atoms with Gasteiger partial charge in [-0.15, -0.1) is 0 Å². The van der Waals surface area contributed by atoms with E-state index >= 15 is 0 Å². The lowest BCUT2D eigenvalue weighted by Gasteiger charge is -2.47. The van der Waals surface area contributed by atoms with Gasteiger partial charge in [-0.3, -0.25) is 9.69 Å². The van der Waals surface area contributed by atoms with Gasteiger partial charge in [0, 0.05) is 46.7 Å². The van der Waals surface area contributed by atoms with E-state index in [4.69, 9.17) is 9.15 Å². The Bertz CT molecular complexity index is 549. The third-order valence-corrected chi connectivity index (χ3v) is 5.49. The average molecular weight is 335 g/mol. The molecule has 0 N–H and O–H groups in total. The zero-order chi connectivity index (χ0) is 17.0. The van der Waals surface area contributed by atoms with Gasteiger partial charge in [0.15, 0.2) is 5.89 Å². The van der Waals surface area contributed by atoms with E-state index in [0.29, 0.717) is 17.7 Å². The molecule has 0 bridgehead atoms. The van der Waals surface area contributed by atoms with Gasteiger partial charge in [-0.2, -0.15) is 0 Å². The van der Waals surface area contributed by atoms with Crippen LogP contribution in [-0.2, 0) is 16.1 Å². The highest BCUT2D eigenvalue weighted by Crippen LogP contribution is 2.40. The SMILES string of the molecule is COCCCN1CC2(CCC1=O)CCN(Cc1coc(C)n1)CC2. The number of oxazole rings is 1. The van der Waals surface area contributed by atoms with Gasteiger partial charge in [0.05, 0.1) is 5.69 Å². The number of amides is 1. The highest BCUT2D eigenvalue weighted by atomic mass is 16.5. The molecule has 24 heavy (non-hydrogen) atoms. The summed E-state index contributed by atoms with van der Waals surface area (Å²) >= 11 is 0. The van der Waals surface area contributed by atoms with Gasteiger partial charge in [-0.25, -0.2) is 4.98 Å². The Morgan fingerprint density at radius 1 is 1.33 bits per heavy atom. The molecule has 0 atom stereocenters. The number of aromatic nitrogens is 1. The summed E-state index contributed by atoms with van der Waals surface area (Å²) in [5, 5.41) is 0. The molecule has 2 aliphatic heterocycles. The van der Waals surface area contributed by atoms with Crippen molar-refractivity contribution in [1.29, 1.82) is 0 Å². The van der Waals surface area contributed by atoms with E-state index in [0.717, 1.165) is 76.6 Å². The van der Waals surface area contributed by atoms with Crippen LogP contribution >= 0.6 is 0 Å². The normalized spacial score (nSPS) is 21.6. The number of rotatable bonds is 6. The van der Waals surface area contributed by atoms with E-state index in [1.54, 1.807) is 13.4 Å². The summed E-state index contributed by atoms with van der Waals surface area (Å²) in [6.45, 7) is 7.37. The number of methoxy groups -OCH3 is 1. The maximum atomic E-state index is 12.2. The molecule has 2 aliphatic rings. The molecule has 6 heteroatoms. The Morgan fingerprint density at radius 3 is 2.79 bits per heavy atom. The number of carbonyl (C=O) groups excluding carboxylic acids is 1. The Hall–Kier alpha value is -1.40. The van der Waals surface area contributed by atoms with E-state index in [2.05, 4.69) is 14.8 Å². The smallest absolute Gasteiger partial charge is 0.222 e. The average Bonchev–Trinajstić information content (AvgIpc) is 2.99. The van der Waals surface area contributed by atoms with Gasteiger partial charge in [0.25, 0.3) is 0 Å². The van der Waals surface area contributed by atoms with E-state index in [1.165, 1.54) is 0 Å². The van der Waals surface area contributed by atoms with Crippen LogP contribution in [-0.4, -0.2) is 60.6 Å². The molecule has 1 amide bonds. The molecule has 2 saturated heterocycles. The van der Waals surface area contributed by atoms with Crippen molar-refractivity contribution in [2.75, 3.05) is 39.9 Å². The van der Waals surface area contributed by atoms with Crippen LogP contribution in [0.2, 0.25) is 0 Å². The summed E-state index contributed by atoms with van der Waals surface area (Å²) < 4.78 is 10.4. The first-order chi connectivity index (χ1) is 11.6. The van der Waals surface area contributed by atoms with Crippen LogP contribution < -0.4 is 0 Å². The van der Waals surface area contributed by atoms with Gasteiger partial charge < -0.3 is 14.1 Å². The van der Waals surface area contributed by atoms with Crippen LogP contribution in [0.1, 0.15) is 43.7 Å². The lowest BCUT2D eigenvalue weighted by atomic mass is 9.72. The monoisotopic (exact) mass is 335 g/mol. The molecule has 1 spiro atoms. The summed E-state index contributed by atoms with van der Waals surface area (Å²) in [5.74, 6) is 1.05. The molecule has 2 fully saturated rings. The maximum Gasteiger partial charge on any atom is 0.222 e. The molecule has 0 saturated carbocycles. The Kier molecular flexibility index (Phi) is 5.56. The molecular formula is C18H29N3O3. The van der Waals surface area contributed by atoms with Crippen molar-refractivity contribution in [3.05, 3.63) is 17.8 Å². The number of ether oxygens (including phenoxy) is 1. The van der Waals surface area contributed by atoms with Gasteiger partial charge >= 0.3 is 0 Å². The molecule has 0 radical (unpaired) electrons. The van der Waals surface area contributed by atoms with Gasteiger partial charge in [0.2, 0.25) is 5.91 Å². The van der Waals surface area contributed by atoms with E-state index < -0.39 is 0 Å². The zero-order valence-electron chi connectivity index (χ0n) is 14.9. The number of nitrogens with zero attached hydrogens (tertiary/aromatic N) is 3. The molecule has 134 valence electrons. The lowest BCUT2D eigenvalue weighted by molar-refractivity contribution is -0.139. The molecule has 6 nitrogen and oxygen atoms in total. The molecule has 1 aromatic heterocycles. The summed E-state index contributed by atoms with van der Waals surface area (Å²) in [7, 11) is 1.71. The summed E-state index contributed by atoms with van der Waals surface area (Å²) in [6, 6.07) is 0. The topological polar surface area (TPSA) is 58.8 Å². The van der Waals surface area contributed by atoms with E-state index in [9.17, 15) is 4.79 Å². The zero-order valence-corrected chi connectivity index (χ0v) is 14.9. The quantitative estimate of drug-likeness (QED) is 0.746. The third kappa shape index (κ3) is 4.16. The van der Waals surface area contributed by atoms with Gasteiger partial charge in [-0.1, -0.05) is 0 Å². The predicted octanol–water partition coefficient (Wildman–Crippen LogP) is 2.22. The van der Waals surface area contributed by atoms with Crippen molar-refractivity contribution in [3.8, 4) is 0 Å². The molecule has 0 unspecified atom stereocenters. The van der Waals surface area contributed by atoms with Crippen molar-refractivity contribution in [1.82, 2.24) is 14.8 Å². The number of hydrogen-bond donors (Lipinski definition) is 0. The number of hydrogen-bond acceptors (Lipinski definition) is 5. The van der Waals surface area contributed by atoms with E-state index in [-0.39, 0.29) is 0 Å². The largest absolute Gasteiger partial charge is 0.449 e. The molecule has 0 aromatic carbocycles. The second kappa shape index (κ2) is 7.66. The Morgan fingerprint density at radius 2 is 2.12 bits per heavy atom. The first kappa shape index (κ1) is 17.4. The molecule has 0 aliphatic carbocycles. The molecule has 3 heterocycles. The van der Waals surface area contributed by atoms with Gasteiger partial charge in [-0.05, 0) is 44.2 Å². The van der Waals surface area contributed by atoms with Crippen LogP contribution in [0.25, 0.3) is 0 Å². The number of likely N-dealkylation sites (tertiary alicyclic amines) is 2. The highest BCUT2D eigenvalue weighted by Gasteiger charge is 2.40. The minimum atomic E-state index is 0.317. The van der Waals surface area contributed by atoms with Crippen LogP contribution in [0.3, 0.4) is 0 Å². The summed E-state index contributed by atoms with van der Waals surface area (Å²) in [6.07, 6.45) is 6.77. The lowest BCUT2D eigenvalue weighted by Crippen LogP contribution is -2.51. The second-order valence-electron chi connectivity index (χ2n) is 7.30. The number of aryl methyl sites for hydroxylation is 1. The fraction of sp³-hybridized carbons (Fsp3) is 0.778. The van der Waals surface area contributed by atoms with Crippen LogP contribution in [0.4, 0.5) is 0 Å². The first-order valence-electron chi connectivity index (χ1n) is 9.00. The number of carbonyl (C=O) groups is 1. The number of piperidine rings is 2. The van der Waals surface area contributed by atoms with E-state index in [1.807, 2.05) is 6.92 Å². The summed E-state index contributed by atoms with van der Waals surface area (Å²) in [5.41, 5.74) is 1.33. The minimum absolute atomic E-state index is 0.317. The van der Waals surface area contributed by atoms with Crippen molar-refractivity contribution < 1.29 is 13.9 Å². The Labute approximate surface area is 144 Å². The minimum Gasteiger partial charge on any atom is -0.449 e. The molecular weight excluding hydrogens is 306 g/mol. The standard InChI is InChI=1S/C18H29N3O3/c1-15-19-16(13-24-15)12-20-9-6-18(7-10-20)5-4-17(22)21(14-18)8-3-11-23-2/h13H,3-12,14H2,1-2H3. The first-order valence-corrected chi connectivity index (χ1v) is 9.00. The fourth-order valence-corrected chi connectivity index (χ4v) is 4.01.